The number of hydrogen-bond acceptors (Lipinski definition) is 3. The molecule has 1 heterocycles. The number of aliphatic carboxylic acids is 1. The lowest BCUT2D eigenvalue weighted by molar-refractivity contribution is -0.137. The fraction of sp³-hybridized carbons (Fsp3) is 0.429. The third-order valence-corrected chi connectivity index (χ3v) is 4.47. The number of carboxylic acid groups (broad SMARTS) is 1. The van der Waals surface area contributed by atoms with E-state index in [9.17, 15) is 4.79 Å². The highest BCUT2D eigenvalue weighted by Crippen LogP contribution is 2.43. The number of fused-ring (bicyclic) bond motifs is 1. The van der Waals surface area contributed by atoms with Gasteiger partial charge in [-0.1, -0.05) is 12.1 Å². The molecule has 1 aromatic heterocycles. The van der Waals surface area contributed by atoms with Crippen molar-refractivity contribution in [3.05, 3.63) is 28.8 Å². The molecule has 4 heteroatoms. The highest BCUT2D eigenvalue weighted by Gasteiger charge is 2.27. The standard InChI is InChI=1S/C14H15NO2S/c16-12(17)6-2-4-9-3-1-5-11-13(9)15-14(18-11)10-7-8-10/h1,3,5,10H,2,4,6-8H2,(H,16,17). The lowest BCUT2D eigenvalue weighted by atomic mass is 10.1. The number of thiazole rings is 1. The summed E-state index contributed by atoms with van der Waals surface area (Å²) >= 11 is 1.79. The smallest absolute Gasteiger partial charge is 0.303 e. The van der Waals surface area contributed by atoms with Gasteiger partial charge in [0.2, 0.25) is 0 Å². The summed E-state index contributed by atoms with van der Waals surface area (Å²) in [6.07, 6.45) is 4.26. The molecule has 1 N–H and O–H groups in total. The number of aromatic nitrogens is 1. The fourth-order valence-electron chi connectivity index (χ4n) is 2.16. The molecule has 0 spiro atoms. The van der Waals surface area contributed by atoms with E-state index in [2.05, 4.69) is 12.1 Å². The maximum absolute atomic E-state index is 10.5. The highest BCUT2D eigenvalue weighted by molar-refractivity contribution is 7.18. The van der Waals surface area contributed by atoms with Gasteiger partial charge in [0, 0.05) is 12.3 Å². The fourth-order valence-corrected chi connectivity index (χ4v) is 3.34. The van der Waals surface area contributed by atoms with Crippen molar-refractivity contribution in [3.8, 4) is 0 Å². The molecule has 1 aliphatic carbocycles. The van der Waals surface area contributed by atoms with Gasteiger partial charge in [0.15, 0.2) is 0 Å². The van der Waals surface area contributed by atoms with Crippen LogP contribution >= 0.6 is 11.3 Å². The molecule has 0 radical (unpaired) electrons. The van der Waals surface area contributed by atoms with Crippen molar-refractivity contribution < 1.29 is 9.90 Å². The van der Waals surface area contributed by atoms with Crippen molar-refractivity contribution >= 4 is 27.5 Å². The predicted octanol–water partition coefficient (Wildman–Crippen LogP) is 3.58. The third kappa shape index (κ3) is 2.38. The summed E-state index contributed by atoms with van der Waals surface area (Å²) in [5.41, 5.74) is 2.28. The second kappa shape index (κ2) is 4.69. The molecule has 3 rings (SSSR count). The van der Waals surface area contributed by atoms with Crippen molar-refractivity contribution in [1.29, 1.82) is 0 Å². The van der Waals surface area contributed by atoms with E-state index in [-0.39, 0.29) is 6.42 Å². The van der Waals surface area contributed by atoms with E-state index in [0.717, 1.165) is 11.9 Å². The van der Waals surface area contributed by atoms with Crippen LogP contribution in [0.4, 0.5) is 0 Å². The Hall–Kier alpha value is -1.42. The average molecular weight is 261 g/mol. The topological polar surface area (TPSA) is 50.2 Å². The Morgan fingerprint density at radius 2 is 2.28 bits per heavy atom. The van der Waals surface area contributed by atoms with Gasteiger partial charge >= 0.3 is 5.97 Å². The first kappa shape index (κ1) is 11.7. The Morgan fingerprint density at radius 1 is 1.44 bits per heavy atom. The number of carbonyl (C=O) groups is 1. The molecule has 0 unspecified atom stereocenters. The maximum Gasteiger partial charge on any atom is 0.303 e. The first-order chi connectivity index (χ1) is 8.74. The number of nitrogens with zero attached hydrogens (tertiary/aromatic N) is 1. The Morgan fingerprint density at radius 3 is 3.00 bits per heavy atom. The van der Waals surface area contributed by atoms with Crippen LogP contribution in [0.1, 0.15) is 42.2 Å². The van der Waals surface area contributed by atoms with E-state index in [4.69, 9.17) is 10.1 Å². The maximum atomic E-state index is 10.5. The number of hydrogen-bond donors (Lipinski definition) is 1. The summed E-state index contributed by atoms with van der Waals surface area (Å²) in [5.74, 6) is -0.0339. The van der Waals surface area contributed by atoms with Gasteiger partial charge in [0.05, 0.1) is 15.2 Å². The zero-order chi connectivity index (χ0) is 12.5. The van der Waals surface area contributed by atoms with E-state index in [1.807, 2.05) is 6.07 Å². The predicted molar refractivity (Wildman–Crippen MR) is 72.2 cm³/mol. The van der Waals surface area contributed by atoms with Gasteiger partial charge in [-0.05, 0) is 37.3 Å². The molecular formula is C14H15NO2S. The van der Waals surface area contributed by atoms with E-state index in [0.29, 0.717) is 12.3 Å². The van der Waals surface area contributed by atoms with Crippen LogP contribution in [0.5, 0.6) is 0 Å². The molecule has 1 aliphatic rings. The third-order valence-electron chi connectivity index (χ3n) is 3.28. The average Bonchev–Trinajstić information content (AvgIpc) is 3.09. The molecule has 94 valence electrons. The zero-order valence-corrected chi connectivity index (χ0v) is 10.9. The molecule has 2 aromatic rings. The van der Waals surface area contributed by atoms with Gasteiger partial charge in [-0.2, -0.15) is 0 Å². The van der Waals surface area contributed by atoms with Gasteiger partial charge in [-0.3, -0.25) is 4.79 Å². The molecule has 3 nitrogen and oxygen atoms in total. The van der Waals surface area contributed by atoms with Crippen molar-refractivity contribution in [2.75, 3.05) is 0 Å². The summed E-state index contributed by atoms with van der Waals surface area (Å²) in [6, 6.07) is 6.23. The minimum absolute atomic E-state index is 0.232. The van der Waals surface area contributed by atoms with Crippen molar-refractivity contribution in [3.63, 3.8) is 0 Å². The largest absolute Gasteiger partial charge is 0.481 e. The van der Waals surface area contributed by atoms with Crippen LogP contribution in [-0.4, -0.2) is 16.1 Å². The summed E-state index contributed by atoms with van der Waals surface area (Å²) in [7, 11) is 0. The quantitative estimate of drug-likeness (QED) is 0.895. The van der Waals surface area contributed by atoms with E-state index in [1.54, 1.807) is 11.3 Å². The van der Waals surface area contributed by atoms with Gasteiger partial charge in [0.25, 0.3) is 0 Å². The Kier molecular flexibility index (Phi) is 3.04. The number of carboxylic acids is 1. The summed E-state index contributed by atoms with van der Waals surface area (Å²) < 4.78 is 1.24. The molecule has 18 heavy (non-hydrogen) atoms. The number of para-hydroxylation sites is 1. The van der Waals surface area contributed by atoms with E-state index >= 15 is 0 Å². The monoisotopic (exact) mass is 261 g/mol. The van der Waals surface area contributed by atoms with Crippen LogP contribution in [0, 0.1) is 0 Å². The zero-order valence-electron chi connectivity index (χ0n) is 10.1. The highest BCUT2D eigenvalue weighted by atomic mass is 32.1. The van der Waals surface area contributed by atoms with Crippen LogP contribution < -0.4 is 0 Å². The molecule has 0 aliphatic heterocycles. The SMILES string of the molecule is O=C(O)CCCc1cccc2sc(C3CC3)nc12. The van der Waals surface area contributed by atoms with Crippen molar-refractivity contribution in [2.24, 2.45) is 0 Å². The van der Waals surface area contributed by atoms with Crippen LogP contribution in [-0.2, 0) is 11.2 Å². The van der Waals surface area contributed by atoms with Crippen molar-refractivity contribution in [2.45, 2.75) is 38.0 Å². The van der Waals surface area contributed by atoms with Crippen LogP contribution in [0.3, 0.4) is 0 Å². The lowest BCUT2D eigenvalue weighted by Crippen LogP contribution is -1.96. The second-order valence-corrected chi connectivity index (χ2v) is 5.90. The lowest BCUT2D eigenvalue weighted by Gasteiger charge is -2.00. The van der Waals surface area contributed by atoms with E-state index in [1.165, 1.54) is 28.1 Å². The molecule has 1 aromatic carbocycles. The molecule has 1 fully saturated rings. The molecule has 0 saturated heterocycles. The number of aryl methyl sites for hydroxylation is 1. The van der Waals surface area contributed by atoms with E-state index < -0.39 is 5.97 Å². The van der Waals surface area contributed by atoms with Crippen LogP contribution in [0.15, 0.2) is 18.2 Å². The summed E-state index contributed by atoms with van der Waals surface area (Å²) in [5, 5.41) is 9.94. The molecular weight excluding hydrogens is 246 g/mol. The summed E-state index contributed by atoms with van der Waals surface area (Å²) in [6.45, 7) is 0. The molecule has 0 amide bonds. The molecule has 1 saturated carbocycles. The van der Waals surface area contributed by atoms with Gasteiger partial charge in [-0.15, -0.1) is 11.3 Å². The summed E-state index contributed by atoms with van der Waals surface area (Å²) in [4.78, 5) is 15.3. The Labute approximate surface area is 109 Å². The second-order valence-electron chi connectivity index (χ2n) is 4.84. The molecule has 0 bridgehead atoms. The first-order valence-electron chi connectivity index (χ1n) is 6.34. The number of benzene rings is 1. The first-order valence-corrected chi connectivity index (χ1v) is 7.16. The Bertz CT molecular complexity index is 586. The minimum Gasteiger partial charge on any atom is -0.481 e. The van der Waals surface area contributed by atoms with Crippen LogP contribution in [0.25, 0.3) is 10.2 Å². The normalized spacial score (nSPS) is 15.1. The van der Waals surface area contributed by atoms with Crippen LogP contribution in [0.2, 0.25) is 0 Å². The molecule has 0 atom stereocenters. The minimum atomic E-state index is -0.723. The number of rotatable bonds is 5. The van der Waals surface area contributed by atoms with Gasteiger partial charge in [-0.25, -0.2) is 4.98 Å². The van der Waals surface area contributed by atoms with Crippen molar-refractivity contribution in [1.82, 2.24) is 4.98 Å². The van der Waals surface area contributed by atoms with Gasteiger partial charge in [0.1, 0.15) is 0 Å². The van der Waals surface area contributed by atoms with Gasteiger partial charge < -0.3 is 5.11 Å². The Balaban J connectivity index is 1.83.